The van der Waals surface area contributed by atoms with Gasteiger partial charge in [-0.15, -0.1) is 0 Å². The molecule has 3 rings (SSSR count). The number of nitrogens with one attached hydrogen (secondary N) is 1. The second-order valence-corrected chi connectivity index (χ2v) is 7.24. The molecule has 1 aliphatic rings. The number of rotatable bonds is 4. The van der Waals surface area contributed by atoms with Gasteiger partial charge in [-0.1, -0.05) is 43.3 Å². The molecular weight excluding hydrogens is 310 g/mol. The summed E-state index contributed by atoms with van der Waals surface area (Å²) in [7, 11) is 0. The quantitative estimate of drug-likeness (QED) is 0.893. The Morgan fingerprint density at radius 1 is 1.12 bits per heavy atom. The van der Waals surface area contributed by atoms with Crippen molar-refractivity contribution in [2.75, 3.05) is 23.3 Å². The number of piperidine rings is 1. The van der Waals surface area contributed by atoms with Crippen LogP contribution in [0.2, 0.25) is 0 Å². The standard InChI is InChI=1S/C21H27N3O/c1-16-11-13-24(14-12-16)19-10-6-9-18(15-19)23-20(25)21(2,22)17-7-4-3-5-8-17/h3-10,15-16H,11-14,22H2,1-2H3,(H,23,25). The van der Waals surface area contributed by atoms with Gasteiger partial charge in [0.15, 0.2) is 0 Å². The Morgan fingerprint density at radius 2 is 1.80 bits per heavy atom. The zero-order chi connectivity index (χ0) is 17.9. The van der Waals surface area contributed by atoms with E-state index in [0.717, 1.165) is 35.9 Å². The summed E-state index contributed by atoms with van der Waals surface area (Å²) in [5.74, 6) is 0.589. The van der Waals surface area contributed by atoms with Crippen LogP contribution in [0.3, 0.4) is 0 Å². The highest BCUT2D eigenvalue weighted by Crippen LogP contribution is 2.26. The average Bonchev–Trinajstić information content (AvgIpc) is 2.63. The molecule has 25 heavy (non-hydrogen) atoms. The molecule has 1 fully saturated rings. The lowest BCUT2D eigenvalue weighted by Gasteiger charge is -2.32. The lowest BCUT2D eigenvalue weighted by Crippen LogP contribution is -2.45. The number of nitrogens with two attached hydrogens (primary N) is 1. The van der Waals surface area contributed by atoms with Gasteiger partial charge in [-0.05, 0) is 49.4 Å². The molecule has 0 bridgehead atoms. The topological polar surface area (TPSA) is 58.4 Å². The van der Waals surface area contributed by atoms with Gasteiger partial charge in [0.2, 0.25) is 5.91 Å². The first-order valence-corrected chi connectivity index (χ1v) is 8.97. The van der Waals surface area contributed by atoms with Crippen LogP contribution in [0.15, 0.2) is 54.6 Å². The van der Waals surface area contributed by atoms with Crippen LogP contribution in [0, 0.1) is 5.92 Å². The number of carbonyl (C=O) groups excluding carboxylic acids is 1. The number of hydrogen-bond acceptors (Lipinski definition) is 3. The molecule has 0 aromatic heterocycles. The van der Waals surface area contributed by atoms with E-state index in [-0.39, 0.29) is 5.91 Å². The van der Waals surface area contributed by atoms with Crippen LogP contribution in [0.5, 0.6) is 0 Å². The van der Waals surface area contributed by atoms with Gasteiger partial charge in [-0.25, -0.2) is 0 Å². The Labute approximate surface area is 150 Å². The number of anilines is 2. The second-order valence-electron chi connectivity index (χ2n) is 7.24. The molecule has 1 aliphatic heterocycles. The predicted molar refractivity (Wildman–Crippen MR) is 104 cm³/mol. The Morgan fingerprint density at radius 3 is 2.48 bits per heavy atom. The Kier molecular flexibility index (Phi) is 5.09. The molecule has 3 N–H and O–H groups in total. The van der Waals surface area contributed by atoms with Crippen molar-refractivity contribution >= 4 is 17.3 Å². The summed E-state index contributed by atoms with van der Waals surface area (Å²) in [6, 6.07) is 17.5. The van der Waals surface area contributed by atoms with Gasteiger partial charge < -0.3 is 16.0 Å². The van der Waals surface area contributed by atoms with E-state index in [9.17, 15) is 4.79 Å². The summed E-state index contributed by atoms with van der Waals surface area (Å²) in [6.45, 7) is 6.18. The molecule has 2 aromatic carbocycles. The molecule has 0 radical (unpaired) electrons. The van der Waals surface area contributed by atoms with Crippen molar-refractivity contribution in [3.05, 3.63) is 60.2 Å². The monoisotopic (exact) mass is 337 g/mol. The maximum absolute atomic E-state index is 12.7. The van der Waals surface area contributed by atoms with Gasteiger partial charge in [-0.3, -0.25) is 4.79 Å². The van der Waals surface area contributed by atoms with E-state index in [0.29, 0.717) is 0 Å². The zero-order valence-electron chi connectivity index (χ0n) is 15.0. The smallest absolute Gasteiger partial charge is 0.248 e. The van der Waals surface area contributed by atoms with Crippen LogP contribution < -0.4 is 16.0 Å². The van der Waals surface area contributed by atoms with Crippen molar-refractivity contribution in [3.63, 3.8) is 0 Å². The highest BCUT2D eigenvalue weighted by Gasteiger charge is 2.30. The molecule has 4 heteroatoms. The van der Waals surface area contributed by atoms with Crippen molar-refractivity contribution in [3.8, 4) is 0 Å². The van der Waals surface area contributed by atoms with Gasteiger partial charge in [0.1, 0.15) is 5.54 Å². The maximum Gasteiger partial charge on any atom is 0.248 e. The summed E-state index contributed by atoms with van der Waals surface area (Å²) < 4.78 is 0. The zero-order valence-corrected chi connectivity index (χ0v) is 15.0. The van der Waals surface area contributed by atoms with E-state index in [4.69, 9.17) is 5.73 Å². The van der Waals surface area contributed by atoms with Gasteiger partial charge in [0.25, 0.3) is 0 Å². The minimum atomic E-state index is -1.07. The highest BCUT2D eigenvalue weighted by atomic mass is 16.2. The molecule has 1 atom stereocenters. The predicted octanol–water partition coefficient (Wildman–Crippen LogP) is 3.74. The van der Waals surface area contributed by atoms with Gasteiger partial charge in [0.05, 0.1) is 0 Å². The fourth-order valence-electron chi connectivity index (χ4n) is 3.22. The van der Waals surface area contributed by atoms with Crippen molar-refractivity contribution in [1.82, 2.24) is 0 Å². The summed E-state index contributed by atoms with van der Waals surface area (Å²) in [5.41, 5.74) is 7.97. The molecule has 1 saturated heterocycles. The third-order valence-corrected chi connectivity index (χ3v) is 5.10. The van der Waals surface area contributed by atoms with Crippen LogP contribution in [0.1, 0.15) is 32.3 Å². The highest BCUT2D eigenvalue weighted by molar-refractivity contribution is 5.98. The van der Waals surface area contributed by atoms with Crippen molar-refractivity contribution in [2.45, 2.75) is 32.2 Å². The van der Waals surface area contributed by atoms with E-state index >= 15 is 0 Å². The third-order valence-electron chi connectivity index (χ3n) is 5.10. The van der Waals surface area contributed by atoms with Crippen molar-refractivity contribution in [1.29, 1.82) is 0 Å². The number of nitrogens with zero attached hydrogens (tertiary/aromatic N) is 1. The fraction of sp³-hybridized carbons (Fsp3) is 0.381. The lowest BCUT2D eigenvalue weighted by molar-refractivity contribution is -0.120. The molecule has 0 spiro atoms. The van der Waals surface area contributed by atoms with Crippen LogP contribution in [-0.2, 0) is 10.3 Å². The SMILES string of the molecule is CC1CCN(c2cccc(NC(=O)C(C)(N)c3ccccc3)c2)CC1. The minimum absolute atomic E-state index is 0.205. The van der Waals surface area contributed by atoms with Crippen LogP contribution in [0.25, 0.3) is 0 Å². The largest absolute Gasteiger partial charge is 0.371 e. The second kappa shape index (κ2) is 7.28. The summed E-state index contributed by atoms with van der Waals surface area (Å²) >= 11 is 0. The third kappa shape index (κ3) is 4.02. The van der Waals surface area contributed by atoms with Crippen molar-refractivity contribution in [2.24, 2.45) is 11.7 Å². The van der Waals surface area contributed by atoms with E-state index in [2.05, 4.69) is 23.2 Å². The normalized spacial score (nSPS) is 17.8. The van der Waals surface area contributed by atoms with E-state index in [1.165, 1.54) is 12.8 Å². The lowest BCUT2D eigenvalue weighted by atomic mass is 9.92. The summed E-state index contributed by atoms with van der Waals surface area (Å²) in [5, 5.41) is 2.98. The van der Waals surface area contributed by atoms with Gasteiger partial charge in [-0.2, -0.15) is 0 Å². The molecule has 2 aromatic rings. The molecule has 4 nitrogen and oxygen atoms in total. The van der Waals surface area contributed by atoms with Crippen LogP contribution in [0.4, 0.5) is 11.4 Å². The van der Waals surface area contributed by atoms with Crippen LogP contribution >= 0.6 is 0 Å². The number of benzene rings is 2. The minimum Gasteiger partial charge on any atom is -0.371 e. The van der Waals surface area contributed by atoms with E-state index < -0.39 is 5.54 Å². The molecule has 1 unspecified atom stereocenters. The average molecular weight is 337 g/mol. The van der Waals surface area contributed by atoms with Crippen molar-refractivity contribution < 1.29 is 4.79 Å². The maximum atomic E-state index is 12.7. The Hall–Kier alpha value is -2.33. The Bertz CT molecular complexity index is 719. The number of hydrogen-bond donors (Lipinski definition) is 2. The van der Waals surface area contributed by atoms with Gasteiger partial charge >= 0.3 is 0 Å². The fourth-order valence-corrected chi connectivity index (χ4v) is 3.22. The van der Waals surface area contributed by atoms with E-state index in [1.54, 1.807) is 6.92 Å². The molecule has 1 amide bonds. The number of amides is 1. The van der Waals surface area contributed by atoms with E-state index in [1.807, 2.05) is 48.5 Å². The molecule has 0 saturated carbocycles. The summed E-state index contributed by atoms with van der Waals surface area (Å²) in [6.07, 6.45) is 2.43. The molecule has 0 aliphatic carbocycles. The molecular formula is C21H27N3O. The van der Waals surface area contributed by atoms with Gasteiger partial charge in [0, 0.05) is 24.5 Å². The number of carbonyl (C=O) groups is 1. The molecule has 1 heterocycles. The Balaban J connectivity index is 1.72. The van der Waals surface area contributed by atoms with Crippen LogP contribution in [-0.4, -0.2) is 19.0 Å². The first-order valence-electron chi connectivity index (χ1n) is 8.97. The summed E-state index contributed by atoms with van der Waals surface area (Å²) in [4.78, 5) is 15.1. The molecule has 132 valence electrons. The first-order chi connectivity index (χ1) is 12.0. The first kappa shape index (κ1) is 17.5.